The van der Waals surface area contributed by atoms with Crippen molar-refractivity contribution in [2.24, 2.45) is 11.8 Å². The molecule has 0 spiro atoms. The van der Waals surface area contributed by atoms with Gasteiger partial charge < -0.3 is 9.73 Å². The molecular formula is C13H21N3O. The lowest BCUT2D eigenvalue weighted by Crippen LogP contribution is -2.32. The average molecular weight is 235 g/mol. The molecule has 2 aliphatic rings. The maximum absolute atomic E-state index is 5.68. The van der Waals surface area contributed by atoms with Crippen LogP contribution in [0.3, 0.4) is 0 Å². The summed E-state index contributed by atoms with van der Waals surface area (Å²) in [4.78, 5) is 6.99. The minimum atomic E-state index is 0.641. The molecule has 3 rings (SSSR count). The van der Waals surface area contributed by atoms with Crippen LogP contribution in [-0.4, -0.2) is 35.6 Å². The third kappa shape index (κ3) is 1.89. The Morgan fingerprint density at radius 2 is 2.24 bits per heavy atom. The summed E-state index contributed by atoms with van der Waals surface area (Å²) < 4.78 is 5.68. The van der Waals surface area contributed by atoms with Crippen molar-refractivity contribution in [3.63, 3.8) is 0 Å². The lowest BCUT2D eigenvalue weighted by Gasteiger charge is -2.22. The zero-order chi connectivity index (χ0) is 12.0. The molecular weight excluding hydrogens is 214 g/mol. The molecule has 0 amide bonds. The van der Waals surface area contributed by atoms with Gasteiger partial charge in [-0.1, -0.05) is 0 Å². The number of nitrogens with zero attached hydrogens (tertiary/aromatic N) is 2. The summed E-state index contributed by atoms with van der Waals surface area (Å²) in [5.74, 6) is 3.46. The summed E-state index contributed by atoms with van der Waals surface area (Å²) in [5.41, 5.74) is 1.02. The van der Waals surface area contributed by atoms with E-state index in [9.17, 15) is 0 Å². The molecule has 3 heterocycles. The smallest absolute Gasteiger partial charge is 0.208 e. The number of aromatic nitrogens is 1. The van der Waals surface area contributed by atoms with Gasteiger partial charge in [-0.25, -0.2) is 4.98 Å². The fraction of sp³-hybridized carbons (Fsp3) is 0.769. The Balaban J connectivity index is 1.70. The van der Waals surface area contributed by atoms with E-state index >= 15 is 0 Å². The topological polar surface area (TPSA) is 41.3 Å². The molecule has 2 fully saturated rings. The van der Waals surface area contributed by atoms with Crippen molar-refractivity contribution in [2.75, 3.05) is 19.6 Å². The third-order valence-electron chi connectivity index (χ3n) is 4.47. The maximum Gasteiger partial charge on any atom is 0.208 e. The number of rotatable bonds is 2. The normalized spacial score (nSPS) is 33.2. The highest BCUT2D eigenvalue weighted by atomic mass is 16.4. The third-order valence-corrected chi connectivity index (χ3v) is 4.47. The summed E-state index contributed by atoms with van der Waals surface area (Å²) in [5, 5.41) is 3.49. The summed E-state index contributed by atoms with van der Waals surface area (Å²) in [6.45, 7) is 10.7. The molecule has 4 heteroatoms. The van der Waals surface area contributed by atoms with Crippen molar-refractivity contribution in [3.05, 3.63) is 17.3 Å². The molecule has 0 radical (unpaired) electrons. The Kier molecular flexibility index (Phi) is 2.71. The first kappa shape index (κ1) is 11.2. The quantitative estimate of drug-likeness (QED) is 0.839. The van der Waals surface area contributed by atoms with Crippen LogP contribution in [0.5, 0.6) is 0 Å². The van der Waals surface area contributed by atoms with Gasteiger partial charge in [0.05, 0.1) is 12.2 Å². The Morgan fingerprint density at radius 3 is 2.88 bits per heavy atom. The summed E-state index contributed by atoms with van der Waals surface area (Å²) in [6.07, 6.45) is 0. The first-order valence-corrected chi connectivity index (χ1v) is 6.53. The minimum Gasteiger partial charge on any atom is -0.444 e. The second-order valence-corrected chi connectivity index (χ2v) is 5.50. The molecule has 0 aromatic carbocycles. The second kappa shape index (κ2) is 4.10. The summed E-state index contributed by atoms with van der Waals surface area (Å²) >= 11 is 0. The number of fused-ring (bicyclic) bond motifs is 1. The zero-order valence-corrected chi connectivity index (χ0v) is 10.9. The number of hydrogen-bond acceptors (Lipinski definition) is 4. The SMILES string of the molecule is Cc1nc(CN2CC3CNCC3C2C)oc1C. The first-order chi connectivity index (χ1) is 8.15. The van der Waals surface area contributed by atoms with E-state index in [0.29, 0.717) is 6.04 Å². The largest absolute Gasteiger partial charge is 0.444 e. The Morgan fingerprint density at radius 1 is 1.41 bits per heavy atom. The van der Waals surface area contributed by atoms with Crippen molar-refractivity contribution in [3.8, 4) is 0 Å². The Hall–Kier alpha value is -0.870. The van der Waals surface area contributed by atoms with E-state index in [2.05, 4.69) is 22.1 Å². The highest BCUT2D eigenvalue weighted by molar-refractivity contribution is 5.06. The van der Waals surface area contributed by atoms with E-state index in [1.807, 2.05) is 13.8 Å². The number of oxazole rings is 1. The van der Waals surface area contributed by atoms with Crippen LogP contribution in [0.2, 0.25) is 0 Å². The molecule has 2 aliphatic heterocycles. The monoisotopic (exact) mass is 235 g/mol. The highest BCUT2D eigenvalue weighted by Crippen LogP contribution is 2.33. The number of hydrogen-bond donors (Lipinski definition) is 1. The minimum absolute atomic E-state index is 0.641. The van der Waals surface area contributed by atoms with Crippen LogP contribution in [0.15, 0.2) is 4.42 Å². The lowest BCUT2D eigenvalue weighted by molar-refractivity contribution is 0.209. The van der Waals surface area contributed by atoms with Crippen molar-refractivity contribution < 1.29 is 4.42 Å². The summed E-state index contributed by atoms with van der Waals surface area (Å²) in [6, 6.07) is 0.641. The van der Waals surface area contributed by atoms with Gasteiger partial charge in [-0.05, 0) is 45.7 Å². The van der Waals surface area contributed by atoms with Crippen LogP contribution in [0.25, 0.3) is 0 Å². The number of aryl methyl sites for hydroxylation is 2. The summed E-state index contributed by atoms with van der Waals surface area (Å²) in [7, 11) is 0. The van der Waals surface area contributed by atoms with Crippen molar-refractivity contribution in [1.82, 2.24) is 15.2 Å². The Bertz CT molecular complexity index is 395. The van der Waals surface area contributed by atoms with Crippen LogP contribution in [-0.2, 0) is 6.54 Å². The van der Waals surface area contributed by atoms with Crippen LogP contribution in [0.4, 0.5) is 0 Å². The predicted octanol–water partition coefficient (Wildman–Crippen LogP) is 1.33. The maximum atomic E-state index is 5.68. The van der Waals surface area contributed by atoms with Gasteiger partial charge in [-0.3, -0.25) is 4.90 Å². The Labute approximate surface area is 102 Å². The van der Waals surface area contributed by atoms with Gasteiger partial charge in [-0.2, -0.15) is 0 Å². The van der Waals surface area contributed by atoms with Gasteiger partial charge in [-0.15, -0.1) is 0 Å². The van der Waals surface area contributed by atoms with Crippen molar-refractivity contribution in [1.29, 1.82) is 0 Å². The molecule has 1 aromatic heterocycles. The first-order valence-electron chi connectivity index (χ1n) is 6.53. The van der Waals surface area contributed by atoms with E-state index in [-0.39, 0.29) is 0 Å². The predicted molar refractivity (Wildman–Crippen MR) is 65.7 cm³/mol. The molecule has 94 valence electrons. The second-order valence-electron chi connectivity index (χ2n) is 5.50. The molecule has 0 aliphatic carbocycles. The van der Waals surface area contributed by atoms with Crippen molar-refractivity contribution in [2.45, 2.75) is 33.4 Å². The average Bonchev–Trinajstić information content (AvgIpc) is 2.91. The van der Waals surface area contributed by atoms with E-state index in [0.717, 1.165) is 35.7 Å². The molecule has 0 saturated carbocycles. The van der Waals surface area contributed by atoms with E-state index in [1.54, 1.807) is 0 Å². The molecule has 4 nitrogen and oxygen atoms in total. The molecule has 1 N–H and O–H groups in total. The molecule has 2 saturated heterocycles. The van der Waals surface area contributed by atoms with E-state index in [4.69, 9.17) is 4.42 Å². The molecule has 3 atom stereocenters. The lowest BCUT2D eigenvalue weighted by atomic mass is 9.95. The fourth-order valence-electron chi connectivity index (χ4n) is 3.25. The zero-order valence-electron chi connectivity index (χ0n) is 10.9. The van der Waals surface area contributed by atoms with Crippen LogP contribution < -0.4 is 5.32 Å². The van der Waals surface area contributed by atoms with Gasteiger partial charge in [0.25, 0.3) is 0 Å². The van der Waals surface area contributed by atoms with E-state index < -0.39 is 0 Å². The van der Waals surface area contributed by atoms with Crippen LogP contribution in [0, 0.1) is 25.7 Å². The van der Waals surface area contributed by atoms with Crippen molar-refractivity contribution >= 4 is 0 Å². The van der Waals surface area contributed by atoms with Gasteiger partial charge in [0.1, 0.15) is 5.76 Å². The van der Waals surface area contributed by atoms with Gasteiger partial charge in [0.2, 0.25) is 5.89 Å². The standard InChI is InChI=1S/C13H21N3O/c1-8-10(3)17-13(15-8)7-16-6-11-4-14-5-12(11)9(16)2/h9,11-12,14H,4-7H2,1-3H3. The van der Waals surface area contributed by atoms with E-state index in [1.165, 1.54) is 19.6 Å². The molecule has 17 heavy (non-hydrogen) atoms. The highest BCUT2D eigenvalue weighted by Gasteiger charge is 2.41. The molecule has 1 aromatic rings. The van der Waals surface area contributed by atoms with Gasteiger partial charge in [0.15, 0.2) is 0 Å². The molecule has 0 bridgehead atoms. The van der Waals surface area contributed by atoms with Gasteiger partial charge in [0, 0.05) is 12.6 Å². The van der Waals surface area contributed by atoms with Gasteiger partial charge >= 0.3 is 0 Å². The molecule has 3 unspecified atom stereocenters. The van der Waals surface area contributed by atoms with Crippen LogP contribution >= 0.6 is 0 Å². The number of likely N-dealkylation sites (tertiary alicyclic amines) is 1. The number of nitrogens with one attached hydrogen (secondary N) is 1. The van der Waals surface area contributed by atoms with Crippen LogP contribution in [0.1, 0.15) is 24.3 Å². The fourth-order valence-corrected chi connectivity index (χ4v) is 3.25.